The largest absolute Gasteiger partial charge is 0.381 e. The van der Waals surface area contributed by atoms with Crippen molar-refractivity contribution in [2.24, 2.45) is 10.9 Å². The number of thioether (sulfide) groups is 1. The first-order valence-corrected chi connectivity index (χ1v) is 8.33. The van der Waals surface area contributed by atoms with Crippen molar-refractivity contribution in [3.05, 3.63) is 0 Å². The van der Waals surface area contributed by atoms with E-state index in [9.17, 15) is 4.79 Å². The molecule has 1 amide bonds. The summed E-state index contributed by atoms with van der Waals surface area (Å²) in [6.45, 7) is 8.34. The van der Waals surface area contributed by atoms with Crippen molar-refractivity contribution in [2.75, 3.05) is 25.5 Å². The number of amidine groups is 1. The number of carbonyl (C=O) groups is 1. The maximum absolute atomic E-state index is 11.9. The van der Waals surface area contributed by atoms with Gasteiger partial charge >= 0.3 is 0 Å². The molecule has 2 saturated heterocycles. The number of hydrogen-bond donors (Lipinski definition) is 2. The summed E-state index contributed by atoms with van der Waals surface area (Å²) in [5.41, 5.74) is 0.135. The lowest BCUT2D eigenvalue weighted by Gasteiger charge is -2.32. The van der Waals surface area contributed by atoms with Crippen LogP contribution in [0.3, 0.4) is 0 Å². The lowest BCUT2D eigenvalue weighted by Crippen LogP contribution is -2.48. The highest BCUT2D eigenvalue weighted by Gasteiger charge is 2.38. The molecular formula is C14H25N3O2S. The van der Waals surface area contributed by atoms with E-state index in [-0.39, 0.29) is 17.5 Å². The number of rotatable bonds is 4. The van der Waals surface area contributed by atoms with Crippen molar-refractivity contribution in [1.29, 1.82) is 0 Å². The Morgan fingerprint density at radius 3 is 2.80 bits per heavy atom. The Morgan fingerprint density at radius 2 is 2.15 bits per heavy atom. The van der Waals surface area contributed by atoms with Crippen LogP contribution < -0.4 is 10.6 Å². The van der Waals surface area contributed by atoms with Crippen molar-refractivity contribution in [3.63, 3.8) is 0 Å². The lowest BCUT2D eigenvalue weighted by atomic mass is 9.93. The van der Waals surface area contributed by atoms with E-state index in [2.05, 4.69) is 29.5 Å². The molecule has 2 rings (SSSR count). The van der Waals surface area contributed by atoms with E-state index in [1.165, 1.54) is 0 Å². The van der Waals surface area contributed by atoms with Gasteiger partial charge in [-0.05, 0) is 25.7 Å². The van der Waals surface area contributed by atoms with Gasteiger partial charge in [-0.2, -0.15) is 0 Å². The topological polar surface area (TPSA) is 62.7 Å². The number of nitrogens with zero attached hydrogens (tertiary/aromatic N) is 1. The summed E-state index contributed by atoms with van der Waals surface area (Å²) in [5, 5.41) is 7.34. The van der Waals surface area contributed by atoms with Crippen LogP contribution in [-0.4, -0.2) is 48.2 Å². The Labute approximate surface area is 125 Å². The van der Waals surface area contributed by atoms with Crippen LogP contribution in [0.5, 0.6) is 0 Å². The molecule has 2 N–H and O–H groups in total. The molecule has 1 unspecified atom stereocenters. The minimum absolute atomic E-state index is 0.00141. The van der Waals surface area contributed by atoms with Crippen molar-refractivity contribution in [3.8, 4) is 0 Å². The molecular weight excluding hydrogens is 274 g/mol. The predicted octanol–water partition coefficient (Wildman–Crippen LogP) is 1.39. The third-order valence-corrected chi connectivity index (χ3v) is 4.86. The highest BCUT2D eigenvalue weighted by atomic mass is 32.2. The van der Waals surface area contributed by atoms with Crippen LogP contribution in [0.2, 0.25) is 0 Å². The summed E-state index contributed by atoms with van der Waals surface area (Å²) in [6, 6.07) is -0.334. The molecule has 2 aliphatic rings. The van der Waals surface area contributed by atoms with E-state index >= 15 is 0 Å². The zero-order valence-corrected chi connectivity index (χ0v) is 13.4. The van der Waals surface area contributed by atoms with Gasteiger partial charge in [0.2, 0.25) is 5.91 Å². The third kappa shape index (κ3) is 4.12. The van der Waals surface area contributed by atoms with Gasteiger partial charge in [0, 0.05) is 25.5 Å². The highest BCUT2D eigenvalue weighted by molar-refractivity contribution is 8.14. The molecule has 0 saturated carbocycles. The van der Waals surface area contributed by atoms with E-state index in [0.29, 0.717) is 12.5 Å². The average Bonchev–Trinajstić information content (AvgIpc) is 2.79. The van der Waals surface area contributed by atoms with E-state index in [0.717, 1.165) is 37.0 Å². The lowest BCUT2D eigenvalue weighted by molar-refractivity contribution is -0.122. The Kier molecular flexibility index (Phi) is 5.32. The zero-order chi connectivity index (χ0) is 14.6. The predicted molar refractivity (Wildman–Crippen MR) is 83.1 cm³/mol. The number of carbonyl (C=O) groups excluding carboxylic acids is 1. The smallest absolute Gasteiger partial charge is 0.244 e. The van der Waals surface area contributed by atoms with Crippen LogP contribution >= 0.6 is 11.8 Å². The van der Waals surface area contributed by atoms with Crippen LogP contribution in [0.1, 0.15) is 33.6 Å². The Bertz CT molecular complexity index is 379. The molecule has 0 aromatic heterocycles. The van der Waals surface area contributed by atoms with Gasteiger partial charge in [-0.25, -0.2) is 4.99 Å². The molecule has 0 aliphatic carbocycles. The first-order chi connectivity index (χ1) is 9.51. The van der Waals surface area contributed by atoms with E-state index in [1.54, 1.807) is 11.8 Å². The summed E-state index contributed by atoms with van der Waals surface area (Å²) < 4.78 is 5.41. The summed E-state index contributed by atoms with van der Waals surface area (Å²) >= 11 is 1.72. The first kappa shape index (κ1) is 15.6. The number of aliphatic imine (C=N–C) groups is 1. The molecule has 2 heterocycles. The maximum Gasteiger partial charge on any atom is 0.244 e. The van der Waals surface area contributed by atoms with Gasteiger partial charge in [0.1, 0.15) is 6.04 Å². The monoisotopic (exact) mass is 299 g/mol. The molecule has 1 spiro atoms. The first-order valence-electron chi connectivity index (χ1n) is 7.35. The van der Waals surface area contributed by atoms with Crippen LogP contribution in [0, 0.1) is 5.92 Å². The van der Waals surface area contributed by atoms with Crippen molar-refractivity contribution in [2.45, 2.75) is 45.2 Å². The molecule has 2 fully saturated rings. The number of ether oxygens (including phenoxy) is 1. The van der Waals surface area contributed by atoms with Gasteiger partial charge in [-0.1, -0.05) is 25.6 Å². The molecule has 6 heteroatoms. The SMILES string of the molecule is CC(C)CNC(=O)C(C)N=C1NC2(CCOCC2)CS1. The molecule has 0 aromatic carbocycles. The fraction of sp³-hybridized carbons (Fsp3) is 0.857. The van der Waals surface area contributed by atoms with Crippen LogP contribution in [-0.2, 0) is 9.53 Å². The van der Waals surface area contributed by atoms with E-state index in [1.807, 2.05) is 6.92 Å². The normalized spacial score (nSPS) is 24.9. The molecule has 20 heavy (non-hydrogen) atoms. The average molecular weight is 299 g/mol. The second kappa shape index (κ2) is 6.80. The van der Waals surface area contributed by atoms with Gasteiger partial charge in [-0.3, -0.25) is 4.79 Å². The molecule has 0 bridgehead atoms. The molecule has 1 atom stereocenters. The van der Waals surface area contributed by atoms with Gasteiger partial charge < -0.3 is 15.4 Å². The fourth-order valence-electron chi connectivity index (χ4n) is 2.29. The van der Waals surface area contributed by atoms with Gasteiger partial charge in [0.25, 0.3) is 0 Å². The summed E-state index contributed by atoms with van der Waals surface area (Å²) in [6.07, 6.45) is 2.04. The van der Waals surface area contributed by atoms with E-state index in [4.69, 9.17) is 4.74 Å². The molecule has 2 aliphatic heterocycles. The van der Waals surface area contributed by atoms with Gasteiger partial charge in [0.05, 0.1) is 5.54 Å². The Balaban J connectivity index is 1.86. The minimum atomic E-state index is -0.334. The zero-order valence-electron chi connectivity index (χ0n) is 12.6. The Morgan fingerprint density at radius 1 is 1.45 bits per heavy atom. The Hall–Kier alpha value is -0.750. The number of amides is 1. The quantitative estimate of drug-likeness (QED) is 0.823. The second-order valence-corrected chi connectivity index (χ2v) is 7.02. The molecule has 0 radical (unpaired) electrons. The summed E-state index contributed by atoms with van der Waals surface area (Å²) in [5.74, 6) is 1.49. The van der Waals surface area contributed by atoms with Gasteiger partial charge in [-0.15, -0.1) is 0 Å². The number of nitrogens with one attached hydrogen (secondary N) is 2. The summed E-state index contributed by atoms with van der Waals surface area (Å²) in [7, 11) is 0. The van der Waals surface area contributed by atoms with Crippen LogP contribution in [0.15, 0.2) is 4.99 Å². The number of hydrogen-bond acceptors (Lipinski definition) is 4. The van der Waals surface area contributed by atoms with Crippen LogP contribution in [0.25, 0.3) is 0 Å². The van der Waals surface area contributed by atoms with Crippen molar-refractivity contribution in [1.82, 2.24) is 10.6 Å². The molecule has 114 valence electrons. The van der Waals surface area contributed by atoms with Crippen LogP contribution in [0.4, 0.5) is 0 Å². The van der Waals surface area contributed by atoms with E-state index < -0.39 is 0 Å². The van der Waals surface area contributed by atoms with Crippen molar-refractivity contribution < 1.29 is 9.53 Å². The standard InChI is InChI=1S/C14H25N3O2S/c1-10(2)8-15-12(18)11(3)16-13-17-14(9-20-13)4-6-19-7-5-14/h10-11H,4-9H2,1-3H3,(H,15,18)(H,16,17). The highest BCUT2D eigenvalue weighted by Crippen LogP contribution is 2.31. The maximum atomic E-state index is 11.9. The molecule has 5 nitrogen and oxygen atoms in total. The molecule has 0 aromatic rings. The third-order valence-electron chi connectivity index (χ3n) is 3.68. The fourth-order valence-corrected chi connectivity index (χ4v) is 3.59. The second-order valence-electron chi connectivity index (χ2n) is 6.06. The van der Waals surface area contributed by atoms with Gasteiger partial charge in [0.15, 0.2) is 5.17 Å². The van der Waals surface area contributed by atoms with Crippen molar-refractivity contribution >= 4 is 22.8 Å². The minimum Gasteiger partial charge on any atom is -0.381 e. The summed E-state index contributed by atoms with van der Waals surface area (Å²) in [4.78, 5) is 16.4.